The van der Waals surface area contributed by atoms with Crippen molar-refractivity contribution in [1.82, 2.24) is 10.6 Å². The molecule has 5 heteroatoms. The highest BCUT2D eigenvalue weighted by atomic mass is 16.5. The summed E-state index contributed by atoms with van der Waals surface area (Å²) in [6.07, 6.45) is 2.33. The molecule has 1 aromatic carbocycles. The molecule has 1 aromatic rings. The van der Waals surface area contributed by atoms with Crippen LogP contribution < -0.4 is 20.7 Å². The first-order valence-corrected chi connectivity index (χ1v) is 7.09. The predicted octanol–water partition coefficient (Wildman–Crippen LogP) is 2.20. The van der Waals surface area contributed by atoms with Crippen LogP contribution >= 0.6 is 0 Å². The highest BCUT2D eigenvalue weighted by Gasteiger charge is 2.17. The largest absolute Gasteiger partial charge is 0.497 e. The first-order chi connectivity index (χ1) is 9.67. The van der Waals surface area contributed by atoms with Gasteiger partial charge < -0.3 is 20.7 Å². The van der Waals surface area contributed by atoms with Gasteiger partial charge in [0.1, 0.15) is 5.75 Å². The van der Waals surface area contributed by atoms with Crippen LogP contribution in [0.25, 0.3) is 0 Å². The van der Waals surface area contributed by atoms with Gasteiger partial charge in [0, 0.05) is 24.3 Å². The number of piperidine rings is 1. The van der Waals surface area contributed by atoms with Gasteiger partial charge >= 0.3 is 6.03 Å². The molecule has 2 amide bonds. The summed E-state index contributed by atoms with van der Waals surface area (Å²) in [5.74, 6) is 1.25. The molecule has 1 heterocycles. The van der Waals surface area contributed by atoms with Crippen LogP contribution in [0.5, 0.6) is 5.75 Å². The van der Waals surface area contributed by atoms with Gasteiger partial charge in [0.2, 0.25) is 0 Å². The number of amides is 2. The molecule has 2 unspecified atom stereocenters. The second kappa shape index (κ2) is 7.14. The molecule has 1 aliphatic heterocycles. The molecule has 0 saturated carbocycles. The first kappa shape index (κ1) is 14.7. The molecule has 0 aliphatic carbocycles. The lowest BCUT2D eigenvalue weighted by atomic mass is 9.95. The normalized spacial score (nSPS) is 22.1. The van der Waals surface area contributed by atoms with Crippen LogP contribution in [0, 0.1) is 5.92 Å². The number of hydrogen-bond acceptors (Lipinski definition) is 3. The minimum absolute atomic E-state index is 0.170. The van der Waals surface area contributed by atoms with Crippen molar-refractivity contribution in [3.63, 3.8) is 0 Å². The second-order valence-electron chi connectivity index (χ2n) is 5.32. The second-order valence-corrected chi connectivity index (χ2v) is 5.32. The third kappa shape index (κ3) is 4.42. The van der Waals surface area contributed by atoms with E-state index in [2.05, 4.69) is 22.9 Å². The number of carbonyl (C=O) groups excluding carboxylic acids is 1. The summed E-state index contributed by atoms with van der Waals surface area (Å²) < 4.78 is 5.12. The molecule has 0 spiro atoms. The summed E-state index contributed by atoms with van der Waals surface area (Å²) in [6.45, 7) is 3.87. The van der Waals surface area contributed by atoms with Crippen LogP contribution in [0.3, 0.4) is 0 Å². The monoisotopic (exact) mass is 277 g/mol. The molecule has 0 bridgehead atoms. The molecule has 2 atom stereocenters. The van der Waals surface area contributed by atoms with Crippen LogP contribution in [0.1, 0.15) is 19.8 Å². The summed E-state index contributed by atoms with van der Waals surface area (Å²) in [6, 6.07) is 7.75. The van der Waals surface area contributed by atoms with Crippen molar-refractivity contribution in [2.24, 2.45) is 5.92 Å². The zero-order valence-corrected chi connectivity index (χ0v) is 12.1. The van der Waals surface area contributed by atoms with E-state index in [4.69, 9.17) is 4.74 Å². The van der Waals surface area contributed by atoms with Gasteiger partial charge in [-0.2, -0.15) is 0 Å². The van der Waals surface area contributed by atoms with Crippen molar-refractivity contribution < 1.29 is 9.53 Å². The van der Waals surface area contributed by atoms with Crippen molar-refractivity contribution >= 4 is 11.7 Å². The van der Waals surface area contributed by atoms with Gasteiger partial charge in [0.15, 0.2) is 0 Å². The summed E-state index contributed by atoms with van der Waals surface area (Å²) in [7, 11) is 1.61. The Morgan fingerprint density at radius 3 is 3.00 bits per heavy atom. The molecule has 110 valence electrons. The Kier molecular flexibility index (Phi) is 5.24. The van der Waals surface area contributed by atoms with Crippen molar-refractivity contribution in [1.29, 1.82) is 0 Å². The molecule has 0 aromatic heterocycles. The maximum absolute atomic E-state index is 11.8. The van der Waals surface area contributed by atoms with E-state index in [1.165, 1.54) is 6.42 Å². The van der Waals surface area contributed by atoms with Crippen LogP contribution in [0.4, 0.5) is 10.5 Å². The SMILES string of the molecule is COc1cccc(NC(=O)NCC2CCC(C)NC2)c1. The van der Waals surface area contributed by atoms with E-state index in [0.29, 0.717) is 18.5 Å². The van der Waals surface area contributed by atoms with Crippen LogP contribution in [-0.2, 0) is 0 Å². The average molecular weight is 277 g/mol. The third-order valence-corrected chi connectivity index (χ3v) is 3.64. The fourth-order valence-corrected chi connectivity index (χ4v) is 2.35. The molecular formula is C15H23N3O2. The molecule has 2 rings (SSSR count). The van der Waals surface area contributed by atoms with Gasteiger partial charge in [-0.25, -0.2) is 4.79 Å². The summed E-state index contributed by atoms with van der Waals surface area (Å²) in [4.78, 5) is 11.8. The lowest BCUT2D eigenvalue weighted by Crippen LogP contribution is -2.42. The number of nitrogens with one attached hydrogen (secondary N) is 3. The first-order valence-electron chi connectivity index (χ1n) is 7.09. The number of urea groups is 1. The van der Waals surface area contributed by atoms with Crippen LogP contribution in [-0.4, -0.2) is 32.3 Å². The van der Waals surface area contributed by atoms with Crippen LogP contribution in [0.2, 0.25) is 0 Å². The zero-order valence-electron chi connectivity index (χ0n) is 12.1. The lowest BCUT2D eigenvalue weighted by molar-refractivity contribution is 0.246. The van der Waals surface area contributed by atoms with Crippen LogP contribution in [0.15, 0.2) is 24.3 Å². The Hall–Kier alpha value is -1.75. The van der Waals surface area contributed by atoms with Gasteiger partial charge in [-0.1, -0.05) is 6.07 Å². The summed E-state index contributed by atoms with van der Waals surface area (Å²) in [5.41, 5.74) is 0.734. The van der Waals surface area contributed by atoms with Gasteiger partial charge in [-0.05, 0) is 44.4 Å². The number of ether oxygens (including phenoxy) is 1. The number of hydrogen-bond donors (Lipinski definition) is 3. The Balaban J connectivity index is 1.74. The Labute approximate surface area is 120 Å². The highest BCUT2D eigenvalue weighted by Crippen LogP contribution is 2.16. The van der Waals surface area contributed by atoms with Crippen molar-refractivity contribution in [3.05, 3.63) is 24.3 Å². The zero-order chi connectivity index (χ0) is 14.4. The van der Waals surface area contributed by atoms with Gasteiger partial charge in [-0.3, -0.25) is 0 Å². The van der Waals surface area contributed by atoms with E-state index >= 15 is 0 Å². The van der Waals surface area contributed by atoms with E-state index in [0.717, 1.165) is 24.4 Å². The topological polar surface area (TPSA) is 62.4 Å². The lowest BCUT2D eigenvalue weighted by Gasteiger charge is -2.27. The number of carbonyl (C=O) groups is 1. The fourth-order valence-electron chi connectivity index (χ4n) is 2.35. The molecule has 0 radical (unpaired) electrons. The van der Waals surface area contributed by atoms with Gasteiger partial charge in [0.25, 0.3) is 0 Å². The molecule has 20 heavy (non-hydrogen) atoms. The van der Waals surface area contributed by atoms with Crippen molar-refractivity contribution in [2.75, 3.05) is 25.5 Å². The number of benzene rings is 1. The molecule has 1 aliphatic rings. The number of methoxy groups -OCH3 is 1. The molecule has 3 N–H and O–H groups in total. The van der Waals surface area contributed by atoms with Crippen molar-refractivity contribution in [3.8, 4) is 5.75 Å². The Morgan fingerprint density at radius 2 is 2.30 bits per heavy atom. The number of anilines is 1. The summed E-state index contributed by atoms with van der Waals surface area (Å²) >= 11 is 0. The Bertz CT molecular complexity index is 442. The van der Waals surface area contributed by atoms with E-state index < -0.39 is 0 Å². The summed E-state index contributed by atoms with van der Waals surface area (Å²) in [5, 5.41) is 9.17. The minimum atomic E-state index is -0.170. The maximum Gasteiger partial charge on any atom is 0.319 e. The number of rotatable bonds is 4. The fraction of sp³-hybridized carbons (Fsp3) is 0.533. The van der Waals surface area contributed by atoms with Crippen molar-refractivity contribution in [2.45, 2.75) is 25.8 Å². The molecular weight excluding hydrogens is 254 g/mol. The highest BCUT2D eigenvalue weighted by molar-refractivity contribution is 5.89. The predicted molar refractivity (Wildman–Crippen MR) is 80.2 cm³/mol. The standard InChI is InChI=1S/C15H23N3O2/c1-11-6-7-12(9-16-11)10-17-15(19)18-13-4-3-5-14(8-13)20-2/h3-5,8,11-12,16H,6-7,9-10H2,1-2H3,(H2,17,18,19). The minimum Gasteiger partial charge on any atom is -0.497 e. The van der Waals surface area contributed by atoms with Gasteiger partial charge in [-0.15, -0.1) is 0 Å². The smallest absolute Gasteiger partial charge is 0.319 e. The molecule has 1 saturated heterocycles. The van der Waals surface area contributed by atoms with E-state index in [9.17, 15) is 4.79 Å². The molecule has 5 nitrogen and oxygen atoms in total. The Morgan fingerprint density at radius 1 is 1.45 bits per heavy atom. The van der Waals surface area contributed by atoms with E-state index in [-0.39, 0.29) is 6.03 Å². The average Bonchev–Trinajstić information content (AvgIpc) is 2.47. The van der Waals surface area contributed by atoms with Gasteiger partial charge in [0.05, 0.1) is 7.11 Å². The molecule has 1 fully saturated rings. The quantitative estimate of drug-likeness (QED) is 0.790. The third-order valence-electron chi connectivity index (χ3n) is 3.64. The maximum atomic E-state index is 11.8. The van der Waals surface area contributed by atoms with E-state index in [1.807, 2.05) is 18.2 Å². The van der Waals surface area contributed by atoms with E-state index in [1.54, 1.807) is 13.2 Å².